The topological polar surface area (TPSA) is 52.0 Å². The zero-order chi connectivity index (χ0) is 11.7. The van der Waals surface area contributed by atoms with Crippen molar-refractivity contribution in [1.82, 2.24) is 5.16 Å². The Morgan fingerprint density at radius 2 is 2.12 bits per heavy atom. The van der Waals surface area contributed by atoms with E-state index in [-0.39, 0.29) is 0 Å². The van der Waals surface area contributed by atoms with E-state index in [1.54, 1.807) is 11.3 Å². The van der Waals surface area contributed by atoms with Gasteiger partial charge in [0, 0.05) is 10.8 Å². The maximum Gasteiger partial charge on any atom is 0.175 e. The van der Waals surface area contributed by atoms with E-state index < -0.39 is 0 Å². The highest BCUT2D eigenvalue weighted by molar-refractivity contribution is 7.13. The molecule has 17 heavy (non-hydrogen) atoms. The molecule has 0 spiro atoms. The summed E-state index contributed by atoms with van der Waals surface area (Å²) in [6.07, 6.45) is 6.32. The molecule has 2 aromatic rings. The van der Waals surface area contributed by atoms with E-state index in [1.807, 2.05) is 6.07 Å². The lowest BCUT2D eigenvalue weighted by Crippen LogP contribution is -2.04. The number of rotatable bonds is 2. The van der Waals surface area contributed by atoms with Crippen molar-refractivity contribution in [3.05, 3.63) is 23.3 Å². The molecule has 0 radical (unpaired) electrons. The molecule has 3 rings (SSSR count). The third-order valence-corrected chi connectivity index (χ3v) is 4.38. The number of nitrogens with zero attached hydrogens (tertiary/aromatic N) is 1. The zero-order valence-corrected chi connectivity index (χ0v) is 10.5. The van der Waals surface area contributed by atoms with E-state index in [2.05, 4.69) is 16.6 Å². The molecule has 0 unspecified atom stereocenters. The highest BCUT2D eigenvalue weighted by Gasteiger charge is 2.26. The molecule has 1 fully saturated rings. The van der Waals surface area contributed by atoms with Gasteiger partial charge < -0.3 is 10.3 Å². The Balaban J connectivity index is 1.99. The largest absolute Gasteiger partial charge is 0.380 e. The van der Waals surface area contributed by atoms with Crippen LogP contribution in [0, 0.1) is 0 Å². The molecule has 0 aromatic carbocycles. The third kappa shape index (κ3) is 1.97. The minimum Gasteiger partial charge on any atom is -0.380 e. The second-order valence-electron chi connectivity index (χ2n) is 4.62. The Labute approximate surface area is 105 Å². The standard InChI is InChI=1S/C13H16N2OS/c14-13-11(10-7-4-8-17-10)12(16-15-13)9-5-2-1-3-6-9/h4,7-9H,1-3,5-6H2,(H2,14,15). The van der Waals surface area contributed by atoms with Gasteiger partial charge in [0.1, 0.15) is 0 Å². The molecule has 2 N–H and O–H groups in total. The fourth-order valence-electron chi connectivity index (χ4n) is 2.63. The lowest BCUT2D eigenvalue weighted by molar-refractivity contribution is 0.323. The van der Waals surface area contributed by atoms with Crippen molar-refractivity contribution in [2.75, 3.05) is 5.73 Å². The first-order valence-electron chi connectivity index (χ1n) is 6.15. The second kappa shape index (κ2) is 4.53. The highest BCUT2D eigenvalue weighted by atomic mass is 32.1. The molecule has 4 heteroatoms. The Kier molecular flexibility index (Phi) is 2.89. The van der Waals surface area contributed by atoms with Crippen molar-refractivity contribution in [1.29, 1.82) is 0 Å². The average Bonchev–Trinajstić information content (AvgIpc) is 2.99. The van der Waals surface area contributed by atoms with Gasteiger partial charge in [-0.15, -0.1) is 11.3 Å². The molecule has 3 nitrogen and oxygen atoms in total. The summed E-state index contributed by atoms with van der Waals surface area (Å²) in [7, 11) is 0. The third-order valence-electron chi connectivity index (χ3n) is 3.49. The predicted octanol–water partition coefficient (Wildman–Crippen LogP) is 4.03. The fourth-order valence-corrected chi connectivity index (χ4v) is 3.41. The first kappa shape index (κ1) is 10.8. The first-order valence-corrected chi connectivity index (χ1v) is 7.03. The van der Waals surface area contributed by atoms with Gasteiger partial charge in [-0.25, -0.2) is 0 Å². The minimum atomic E-state index is 0.505. The maximum absolute atomic E-state index is 5.94. The van der Waals surface area contributed by atoms with Crippen LogP contribution in [0.4, 0.5) is 5.82 Å². The molecule has 2 aromatic heterocycles. The van der Waals surface area contributed by atoms with Gasteiger partial charge in [-0.2, -0.15) is 0 Å². The lowest BCUT2D eigenvalue weighted by atomic mass is 9.86. The molecule has 90 valence electrons. The van der Waals surface area contributed by atoms with Gasteiger partial charge in [-0.05, 0) is 24.3 Å². The van der Waals surface area contributed by atoms with Crippen molar-refractivity contribution in [3.63, 3.8) is 0 Å². The Hall–Kier alpha value is -1.29. The van der Waals surface area contributed by atoms with E-state index in [4.69, 9.17) is 10.3 Å². The number of anilines is 1. The van der Waals surface area contributed by atoms with E-state index in [1.165, 1.54) is 37.0 Å². The molecular weight excluding hydrogens is 232 g/mol. The Morgan fingerprint density at radius 1 is 1.29 bits per heavy atom. The van der Waals surface area contributed by atoms with Gasteiger partial charge in [-0.3, -0.25) is 0 Å². The second-order valence-corrected chi connectivity index (χ2v) is 5.57. The summed E-state index contributed by atoms with van der Waals surface area (Å²) in [6.45, 7) is 0. The van der Waals surface area contributed by atoms with Crippen LogP contribution in [0.3, 0.4) is 0 Å². The molecule has 1 aliphatic rings. The van der Waals surface area contributed by atoms with Crippen LogP contribution in [-0.4, -0.2) is 5.16 Å². The van der Waals surface area contributed by atoms with Gasteiger partial charge in [0.25, 0.3) is 0 Å². The van der Waals surface area contributed by atoms with Gasteiger partial charge in [-0.1, -0.05) is 30.5 Å². The van der Waals surface area contributed by atoms with Crippen LogP contribution in [0.5, 0.6) is 0 Å². The van der Waals surface area contributed by atoms with Gasteiger partial charge >= 0.3 is 0 Å². The van der Waals surface area contributed by atoms with E-state index in [0.29, 0.717) is 11.7 Å². The van der Waals surface area contributed by atoms with Gasteiger partial charge in [0.15, 0.2) is 11.6 Å². The summed E-state index contributed by atoms with van der Waals surface area (Å²) in [5.41, 5.74) is 6.98. The lowest BCUT2D eigenvalue weighted by Gasteiger charge is -2.19. The summed E-state index contributed by atoms with van der Waals surface area (Å²) in [4.78, 5) is 1.17. The molecule has 0 saturated heterocycles. The normalized spacial score (nSPS) is 17.4. The smallest absolute Gasteiger partial charge is 0.175 e. The summed E-state index contributed by atoms with van der Waals surface area (Å²) in [5, 5.41) is 6.02. The van der Waals surface area contributed by atoms with Crippen LogP contribution in [0.15, 0.2) is 22.0 Å². The Morgan fingerprint density at radius 3 is 2.82 bits per heavy atom. The van der Waals surface area contributed by atoms with Crippen LogP contribution in [0.2, 0.25) is 0 Å². The summed E-state index contributed by atoms with van der Waals surface area (Å²) < 4.78 is 5.49. The minimum absolute atomic E-state index is 0.505. The monoisotopic (exact) mass is 248 g/mol. The van der Waals surface area contributed by atoms with Crippen molar-refractivity contribution >= 4 is 17.2 Å². The number of thiophene rings is 1. The van der Waals surface area contributed by atoms with Crippen LogP contribution >= 0.6 is 11.3 Å². The predicted molar refractivity (Wildman–Crippen MR) is 70.1 cm³/mol. The van der Waals surface area contributed by atoms with Crippen molar-refractivity contribution < 1.29 is 4.52 Å². The highest BCUT2D eigenvalue weighted by Crippen LogP contribution is 2.41. The summed E-state index contributed by atoms with van der Waals surface area (Å²) in [5.74, 6) is 2.04. The number of aromatic nitrogens is 1. The van der Waals surface area contributed by atoms with Crippen LogP contribution in [-0.2, 0) is 0 Å². The van der Waals surface area contributed by atoms with Crippen molar-refractivity contribution in [2.45, 2.75) is 38.0 Å². The molecule has 0 bridgehead atoms. The number of nitrogens with two attached hydrogens (primary N) is 1. The van der Waals surface area contributed by atoms with Crippen molar-refractivity contribution in [3.8, 4) is 10.4 Å². The van der Waals surface area contributed by atoms with E-state index in [0.717, 1.165) is 11.3 Å². The first-order chi connectivity index (χ1) is 8.36. The van der Waals surface area contributed by atoms with E-state index in [9.17, 15) is 0 Å². The average molecular weight is 248 g/mol. The molecule has 2 heterocycles. The Bertz CT molecular complexity index is 483. The van der Waals surface area contributed by atoms with Gasteiger partial charge in [0.05, 0.1) is 5.56 Å². The fraction of sp³-hybridized carbons (Fsp3) is 0.462. The van der Waals surface area contributed by atoms with Crippen molar-refractivity contribution in [2.24, 2.45) is 0 Å². The molecule has 0 atom stereocenters. The summed E-state index contributed by atoms with van der Waals surface area (Å²) in [6, 6.07) is 4.12. The quantitative estimate of drug-likeness (QED) is 0.872. The number of hydrogen-bond donors (Lipinski definition) is 1. The zero-order valence-electron chi connectivity index (χ0n) is 9.69. The van der Waals surface area contributed by atoms with Gasteiger partial charge in [0.2, 0.25) is 0 Å². The molecular formula is C13H16N2OS. The maximum atomic E-state index is 5.94. The van der Waals surface area contributed by atoms with Crippen LogP contribution in [0.25, 0.3) is 10.4 Å². The molecule has 0 aliphatic heterocycles. The molecule has 0 amide bonds. The SMILES string of the molecule is Nc1noc(C2CCCCC2)c1-c1cccs1. The van der Waals surface area contributed by atoms with Crippen LogP contribution in [0.1, 0.15) is 43.8 Å². The number of nitrogen functional groups attached to an aromatic ring is 1. The molecule has 1 saturated carbocycles. The molecule has 1 aliphatic carbocycles. The van der Waals surface area contributed by atoms with E-state index >= 15 is 0 Å². The van der Waals surface area contributed by atoms with Crippen LogP contribution < -0.4 is 5.73 Å². The number of hydrogen-bond acceptors (Lipinski definition) is 4. The summed E-state index contributed by atoms with van der Waals surface area (Å²) >= 11 is 1.69.